The molecule has 1 aromatic carbocycles. The van der Waals surface area contributed by atoms with Crippen LogP contribution in [0, 0.1) is 17.7 Å². The molecule has 0 saturated heterocycles. The van der Waals surface area contributed by atoms with Crippen molar-refractivity contribution < 1.29 is 27.4 Å². The lowest BCUT2D eigenvalue weighted by atomic mass is 9.77. The summed E-state index contributed by atoms with van der Waals surface area (Å²) in [6.07, 6.45) is -4.69. The molecule has 21 heavy (non-hydrogen) atoms. The first-order valence-electron chi connectivity index (χ1n) is 6.91. The van der Waals surface area contributed by atoms with E-state index >= 15 is 0 Å². The SMILES string of the molecule is COc1ccc(C(O)C2CCCC(C(F)(F)F)C2)c(F)c1. The van der Waals surface area contributed by atoms with E-state index in [1.165, 1.54) is 19.2 Å². The van der Waals surface area contributed by atoms with Gasteiger partial charge >= 0.3 is 6.18 Å². The van der Waals surface area contributed by atoms with E-state index < -0.39 is 29.9 Å². The van der Waals surface area contributed by atoms with Gasteiger partial charge in [-0.05, 0) is 37.3 Å². The van der Waals surface area contributed by atoms with E-state index in [4.69, 9.17) is 4.74 Å². The molecule has 0 spiro atoms. The van der Waals surface area contributed by atoms with Crippen LogP contribution in [-0.2, 0) is 0 Å². The van der Waals surface area contributed by atoms with Gasteiger partial charge in [-0.2, -0.15) is 13.2 Å². The highest BCUT2D eigenvalue weighted by atomic mass is 19.4. The second-order valence-electron chi connectivity index (χ2n) is 5.50. The zero-order chi connectivity index (χ0) is 15.6. The molecular weight excluding hydrogens is 288 g/mol. The molecule has 1 aromatic rings. The van der Waals surface area contributed by atoms with Crippen LogP contribution in [0.1, 0.15) is 37.4 Å². The van der Waals surface area contributed by atoms with Crippen molar-refractivity contribution in [2.75, 3.05) is 7.11 Å². The Labute approximate surface area is 120 Å². The van der Waals surface area contributed by atoms with Gasteiger partial charge in [0.05, 0.1) is 19.1 Å². The monoisotopic (exact) mass is 306 g/mol. The fourth-order valence-electron chi connectivity index (χ4n) is 2.94. The molecule has 2 rings (SSSR count). The molecule has 0 aliphatic heterocycles. The largest absolute Gasteiger partial charge is 0.497 e. The maximum absolute atomic E-state index is 13.9. The van der Waals surface area contributed by atoms with E-state index in [0.29, 0.717) is 18.6 Å². The number of alkyl halides is 3. The molecule has 1 aliphatic rings. The van der Waals surface area contributed by atoms with Gasteiger partial charge in [-0.3, -0.25) is 0 Å². The molecule has 0 radical (unpaired) electrons. The van der Waals surface area contributed by atoms with Gasteiger partial charge in [-0.1, -0.05) is 6.42 Å². The van der Waals surface area contributed by atoms with Crippen molar-refractivity contribution in [1.29, 1.82) is 0 Å². The smallest absolute Gasteiger partial charge is 0.391 e. The molecule has 1 fully saturated rings. The average molecular weight is 306 g/mol. The van der Waals surface area contributed by atoms with Gasteiger partial charge < -0.3 is 9.84 Å². The van der Waals surface area contributed by atoms with Crippen molar-refractivity contribution in [3.05, 3.63) is 29.6 Å². The summed E-state index contributed by atoms with van der Waals surface area (Å²) >= 11 is 0. The summed E-state index contributed by atoms with van der Waals surface area (Å²) in [5, 5.41) is 10.2. The number of ether oxygens (including phenoxy) is 1. The molecule has 1 aliphatic carbocycles. The van der Waals surface area contributed by atoms with Crippen molar-refractivity contribution >= 4 is 0 Å². The summed E-state index contributed by atoms with van der Waals surface area (Å²) in [6, 6.07) is 3.99. The van der Waals surface area contributed by atoms with Crippen molar-refractivity contribution in [3.8, 4) is 5.75 Å². The van der Waals surface area contributed by atoms with Crippen LogP contribution < -0.4 is 4.74 Å². The maximum atomic E-state index is 13.9. The number of halogens is 4. The van der Waals surface area contributed by atoms with Crippen LogP contribution in [0.25, 0.3) is 0 Å². The lowest BCUT2D eigenvalue weighted by molar-refractivity contribution is -0.189. The minimum atomic E-state index is -4.25. The van der Waals surface area contributed by atoms with E-state index in [9.17, 15) is 22.7 Å². The molecule has 3 unspecified atom stereocenters. The normalized spacial score (nSPS) is 24.7. The van der Waals surface area contributed by atoms with Crippen molar-refractivity contribution in [2.24, 2.45) is 11.8 Å². The third-order valence-corrected chi connectivity index (χ3v) is 4.15. The maximum Gasteiger partial charge on any atom is 0.391 e. The van der Waals surface area contributed by atoms with Crippen LogP contribution in [-0.4, -0.2) is 18.4 Å². The Bertz CT molecular complexity index is 487. The fourth-order valence-corrected chi connectivity index (χ4v) is 2.94. The van der Waals surface area contributed by atoms with Gasteiger partial charge in [0.1, 0.15) is 11.6 Å². The van der Waals surface area contributed by atoms with Crippen LogP contribution in [0.3, 0.4) is 0 Å². The Morgan fingerprint density at radius 2 is 2.00 bits per heavy atom. The number of aliphatic hydroxyl groups is 1. The van der Waals surface area contributed by atoms with Crippen molar-refractivity contribution in [3.63, 3.8) is 0 Å². The van der Waals surface area contributed by atoms with Crippen molar-refractivity contribution in [2.45, 2.75) is 38.0 Å². The lowest BCUT2D eigenvalue weighted by Crippen LogP contribution is -2.31. The van der Waals surface area contributed by atoms with Gasteiger partial charge in [-0.25, -0.2) is 4.39 Å². The topological polar surface area (TPSA) is 29.5 Å². The predicted octanol–water partition coefficient (Wildman–Crippen LogP) is 4.24. The highest BCUT2D eigenvalue weighted by molar-refractivity contribution is 5.30. The van der Waals surface area contributed by atoms with Crippen LogP contribution in [0.4, 0.5) is 17.6 Å². The fraction of sp³-hybridized carbons (Fsp3) is 0.600. The second-order valence-corrected chi connectivity index (χ2v) is 5.50. The quantitative estimate of drug-likeness (QED) is 0.847. The zero-order valence-corrected chi connectivity index (χ0v) is 11.7. The summed E-state index contributed by atoms with van der Waals surface area (Å²) in [4.78, 5) is 0. The van der Waals surface area contributed by atoms with Gasteiger partial charge in [-0.15, -0.1) is 0 Å². The molecule has 3 atom stereocenters. The van der Waals surface area contributed by atoms with Gasteiger partial charge in [0.25, 0.3) is 0 Å². The molecule has 0 bridgehead atoms. The number of aliphatic hydroxyl groups excluding tert-OH is 1. The standard InChI is InChI=1S/C15H18F4O2/c1-21-11-5-6-12(13(16)8-11)14(20)9-3-2-4-10(7-9)15(17,18)19/h5-6,8-10,14,20H,2-4,7H2,1H3. The van der Waals surface area contributed by atoms with Crippen LogP contribution in [0.5, 0.6) is 5.75 Å². The Balaban J connectivity index is 2.14. The minimum absolute atomic E-state index is 0.0311. The van der Waals surface area contributed by atoms with Gasteiger partial charge in [0.15, 0.2) is 0 Å². The van der Waals surface area contributed by atoms with E-state index in [-0.39, 0.29) is 18.4 Å². The molecule has 0 amide bonds. The van der Waals surface area contributed by atoms with E-state index in [1.54, 1.807) is 0 Å². The molecule has 118 valence electrons. The van der Waals surface area contributed by atoms with Crippen molar-refractivity contribution in [1.82, 2.24) is 0 Å². The molecule has 1 N–H and O–H groups in total. The average Bonchev–Trinajstić information content (AvgIpc) is 2.45. The Hall–Kier alpha value is -1.30. The van der Waals surface area contributed by atoms with Crippen LogP contribution in [0.2, 0.25) is 0 Å². The molecule has 2 nitrogen and oxygen atoms in total. The lowest BCUT2D eigenvalue weighted by Gasteiger charge is -2.33. The highest BCUT2D eigenvalue weighted by Crippen LogP contribution is 2.44. The summed E-state index contributed by atoms with van der Waals surface area (Å²) in [7, 11) is 1.39. The summed E-state index contributed by atoms with van der Waals surface area (Å²) in [5.74, 6) is -2.34. The molecular formula is C15H18F4O2. The number of methoxy groups -OCH3 is 1. The predicted molar refractivity (Wildman–Crippen MR) is 69.4 cm³/mol. The number of benzene rings is 1. The first-order chi connectivity index (χ1) is 9.82. The highest BCUT2D eigenvalue weighted by Gasteiger charge is 2.43. The summed E-state index contributed by atoms with van der Waals surface area (Å²) in [5.41, 5.74) is 0.0311. The van der Waals surface area contributed by atoms with Crippen LogP contribution in [0.15, 0.2) is 18.2 Å². The second kappa shape index (κ2) is 6.22. The molecule has 0 heterocycles. The summed E-state index contributed by atoms with van der Waals surface area (Å²) in [6.45, 7) is 0. The first-order valence-corrected chi connectivity index (χ1v) is 6.91. The Morgan fingerprint density at radius 1 is 1.29 bits per heavy atom. The van der Waals surface area contributed by atoms with E-state index in [2.05, 4.69) is 0 Å². The van der Waals surface area contributed by atoms with Gasteiger partial charge in [0.2, 0.25) is 0 Å². The third kappa shape index (κ3) is 3.67. The molecule has 6 heteroatoms. The van der Waals surface area contributed by atoms with Gasteiger partial charge in [0, 0.05) is 11.6 Å². The Morgan fingerprint density at radius 3 is 2.57 bits per heavy atom. The number of hydrogen-bond acceptors (Lipinski definition) is 2. The number of hydrogen-bond donors (Lipinski definition) is 1. The Kier molecular flexibility index (Phi) is 4.76. The summed E-state index contributed by atoms with van der Waals surface area (Å²) < 4.78 is 57.1. The molecule has 0 aromatic heterocycles. The minimum Gasteiger partial charge on any atom is -0.497 e. The van der Waals surface area contributed by atoms with Crippen LogP contribution >= 0.6 is 0 Å². The number of rotatable bonds is 3. The van der Waals surface area contributed by atoms with E-state index in [1.807, 2.05) is 0 Å². The first kappa shape index (κ1) is 16.1. The molecule has 1 saturated carbocycles. The zero-order valence-electron chi connectivity index (χ0n) is 11.7. The third-order valence-electron chi connectivity index (χ3n) is 4.15. The van der Waals surface area contributed by atoms with E-state index in [0.717, 1.165) is 6.07 Å².